The lowest BCUT2D eigenvalue weighted by Crippen LogP contribution is -2.30. The van der Waals surface area contributed by atoms with Crippen LogP contribution < -0.4 is 5.56 Å². The van der Waals surface area contributed by atoms with Crippen LogP contribution in [0.4, 0.5) is 8.78 Å². The molecule has 0 spiro atoms. The highest BCUT2D eigenvalue weighted by Crippen LogP contribution is 2.35. The maximum Gasteiger partial charge on any atom is 0.250 e. The summed E-state index contributed by atoms with van der Waals surface area (Å²) in [4.78, 5) is 12.7. The number of ether oxygens (including phenoxy) is 1. The van der Waals surface area contributed by atoms with Crippen LogP contribution in [0.1, 0.15) is 11.7 Å². The summed E-state index contributed by atoms with van der Waals surface area (Å²) in [5.41, 5.74) is -0.842. The molecule has 1 aliphatic rings. The molecule has 94 valence electrons. The lowest BCUT2D eigenvalue weighted by molar-refractivity contribution is -0.0236. The number of hydrogen-bond donors (Lipinski definition) is 3. The fraction of sp³-hybridized carbons (Fsp3) is 0.500. The van der Waals surface area contributed by atoms with E-state index in [1.165, 1.54) is 0 Å². The molecule has 1 saturated heterocycles. The van der Waals surface area contributed by atoms with Crippen LogP contribution in [-0.4, -0.2) is 40.2 Å². The van der Waals surface area contributed by atoms with Crippen molar-refractivity contribution in [3.8, 4) is 0 Å². The molecule has 1 unspecified atom stereocenters. The van der Waals surface area contributed by atoms with Gasteiger partial charge >= 0.3 is 0 Å². The standard InChI is InChI=1S/C10H11F2NO4/c11-7-8(16)5(3-14)17-9(7)4-1-2-6(15)13-10(4)12/h1-2,5,7-9,14,16H,3H2,(H,13,15)/t5-,7+,8?,9+/m1/s1. The third kappa shape index (κ3) is 2.08. The van der Waals surface area contributed by atoms with Gasteiger partial charge in [-0.2, -0.15) is 4.39 Å². The first-order valence-electron chi connectivity index (χ1n) is 5.01. The average molecular weight is 247 g/mol. The molecule has 17 heavy (non-hydrogen) atoms. The Hall–Kier alpha value is -1.31. The van der Waals surface area contributed by atoms with Gasteiger partial charge in [0.25, 0.3) is 0 Å². The van der Waals surface area contributed by atoms with E-state index < -0.39 is 42.6 Å². The van der Waals surface area contributed by atoms with E-state index in [1.807, 2.05) is 4.98 Å². The fourth-order valence-electron chi connectivity index (χ4n) is 1.80. The third-order valence-corrected chi connectivity index (χ3v) is 2.70. The van der Waals surface area contributed by atoms with E-state index in [-0.39, 0.29) is 5.56 Å². The number of aliphatic hydroxyl groups is 2. The Morgan fingerprint density at radius 3 is 2.71 bits per heavy atom. The van der Waals surface area contributed by atoms with Gasteiger partial charge < -0.3 is 14.9 Å². The molecule has 0 saturated carbocycles. The van der Waals surface area contributed by atoms with Gasteiger partial charge in [-0.05, 0) is 6.07 Å². The summed E-state index contributed by atoms with van der Waals surface area (Å²) in [6, 6.07) is 2.13. The molecule has 2 heterocycles. The molecule has 1 aromatic rings. The maximum absolute atomic E-state index is 13.6. The normalized spacial score (nSPS) is 32.9. The molecule has 1 fully saturated rings. The van der Waals surface area contributed by atoms with Crippen molar-refractivity contribution in [1.29, 1.82) is 0 Å². The molecule has 7 heteroatoms. The SMILES string of the molecule is O=c1ccc([C@@H]2O[C@H](CO)C(O)[C@@H]2F)c(F)[nH]1. The van der Waals surface area contributed by atoms with Crippen molar-refractivity contribution >= 4 is 0 Å². The molecule has 4 atom stereocenters. The third-order valence-electron chi connectivity index (χ3n) is 2.70. The molecule has 1 aliphatic heterocycles. The number of hydrogen-bond acceptors (Lipinski definition) is 4. The fourth-order valence-corrected chi connectivity index (χ4v) is 1.80. The Labute approximate surface area is 94.7 Å². The van der Waals surface area contributed by atoms with Crippen LogP contribution in [-0.2, 0) is 4.74 Å². The number of rotatable bonds is 2. The first-order chi connectivity index (χ1) is 8.04. The Kier molecular flexibility index (Phi) is 3.23. The number of H-pyrrole nitrogens is 1. The van der Waals surface area contributed by atoms with Gasteiger partial charge in [-0.25, -0.2) is 4.39 Å². The van der Waals surface area contributed by atoms with Crippen LogP contribution in [0.25, 0.3) is 0 Å². The van der Waals surface area contributed by atoms with E-state index in [9.17, 15) is 18.7 Å². The van der Waals surface area contributed by atoms with Crippen molar-refractivity contribution < 1.29 is 23.7 Å². The molecule has 0 aliphatic carbocycles. The average Bonchev–Trinajstić information content (AvgIpc) is 2.57. The first kappa shape index (κ1) is 12.2. The minimum atomic E-state index is -1.85. The Morgan fingerprint density at radius 2 is 2.18 bits per heavy atom. The molecule has 0 amide bonds. The van der Waals surface area contributed by atoms with Crippen molar-refractivity contribution in [2.45, 2.75) is 24.5 Å². The lowest BCUT2D eigenvalue weighted by atomic mass is 10.0. The molecule has 2 rings (SSSR count). The summed E-state index contributed by atoms with van der Waals surface area (Å²) < 4.78 is 32.0. The number of halogens is 2. The maximum atomic E-state index is 13.6. The van der Waals surface area contributed by atoms with Crippen LogP contribution in [0, 0.1) is 5.95 Å². The van der Waals surface area contributed by atoms with Crippen molar-refractivity contribution in [2.75, 3.05) is 6.61 Å². The summed E-state index contributed by atoms with van der Waals surface area (Å²) >= 11 is 0. The van der Waals surface area contributed by atoms with Crippen molar-refractivity contribution in [1.82, 2.24) is 4.98 Å². The van der Waals surface area contributed by atoms with Gasteiger partial charge in [0, 0.05) is 11.6 Å². The van der Waals surface area contributed by atoms with Gasteiger partial charge in [0.2, 0.25) is 5.56 Å². The first-order valence-corrected chi connectivity index (χ1v) is 5.01. The Balaban J connectivity index is 2.32. The largest absolute Gasteiger partial charge is 0.394 e. The number of alkyl halides is 1. The quantitative estimate of drug-likeness (QED) is 0.623. The van der Waals surface area contributed by atoms with Crippen LogP contribution in [0.3, 0.4) is 0 Å². The highest BCUT2D eigenvalue weighted by atomic mass is 19.1. The van der Waals surface area contributed by atoms with Crippen molar-refractivity contribution in [3.05, 3.63) is 34.0 Å². The van der Waals surface area contributed by atoms with Gasteiger partial charge in [0.05, 0.1) is 6.61 Å². The van der Waals surface area contributed by atoms with E-state index in [0.717, 1.165) is 12.1 Å². The summed E-state index contributed by atoms with van der Waals surface area (Å²) in [6.07, 6.45) is -5.80. The van der Waals surface area contributed by atoms with Crippen molar-refractivity contribution in [3.63, 3.8) is 0 Å². The predicted molar refractivity (Wildman–Crippen MR) is 52.6 cm³/mol. The van der Waals surface area contributed by atoms with E-state index in [0.29, 0.717) is 0 Å². The second kappa shape index (κ2) is 4.52. The summed E-state index contributed by atoms with van der Waals surface area (Å²) in [7, 11) is 0. The van der Waals surface area contributed by atoms with E-state index in [2.05, 4.69) is 0 Å². The number of nitrogens with one attached hydrogen (secondary N) is 1. The predicted octanol–water partition coefficient (Wildman–Crippen LogP) is -0.355. The highest BCUT2D eigenvalue weighted by Gasteiger charge is 2.45. The van der Waals surface area contributed by atoms with Crippen LogP contribution in [0.5, 0.6) is 0 Å². The summed E-state index contributed by atoms with van der Waals surface area (Å²) in [5, 5.41) is 18.2. The second-order valence-corrected chi connectivity index (χ2v) is 3.80. The van der Waals surface area contributed by atoms with Crippen LogP contribution >= 0.6 is 0 Å². The Bertz CT molecular complexity index is 464. The van der Waals surface area contributed by atoms with E-state index >= 15 is 0 Å². The van der Waals surface area contributed by atoms with Gasteiger partial charge in [-0.15, -0.1) is 0 Å². The molecule has 5 nitrogen and oxygen atoms in total. The van der Waals surface area contributed by atoms with Crippen LogP contribution in [0.2, 0.25) is 0 Å². The van der Waals surface area contributed by atoms with Crippen molar-refractivity contribution in [2.24, 2.45) is 0 Å². The Morgan fingerprint density at radius 1 is 1.47 bits per heavy atom. The number of aromatic nitrogens is 1. The zero-order valence-electron chi connectivity index (χ0n) is 8.64. The van der Waals surface area contributed by atoms with Crippen LogP contribution in [0.15, 0.2) is 16.9 Å². The molecule has 0 bridgehead atoms. The van der Waals surface area contributed by atoms with Gasteiger partial charge in [0.15, 0.2) is 12.1 Å². The highest BCUT2D eigenvalue weighted by molar-refractivity contribution is 5.18. The molecular formula is C10H11F2NO4. The zero-order chi connectivity index (χ0) is 12.6. The molecule has 0 radical (unpaired) electrons. The molecule has 1 aromatic heterocycles. The molecule has 0 aromatic carbocycles. The number of pyridine rings is 1. The van der Waals surface area contributed by atoms with Gasteiger partial charge in [-0.3, -0.25) is 9.78 Å². The minimum Gasteiger partial charge on any atom is -0.394 e. The molecule has 3 N–H and O–H groups in total. The van der Waals surface area contributed by atoms with E-state index in [4.69, 9.17) is 9.84 Å². The lowest BCUT2D eigenvalue weighted by Gasteiger charge is -2.13. The number of aromatic amines is 1. The summed E-state index contributed by atoms with van der Waals surface area (Å²) in [6.45, 7) is -0.566. The summed E-state index contributed by atoms with van der Waals surface area (Å²) in [5.74, 6) is -1.00. The zero-order valence-corrected chi connectivity index (χ0v) is 8.64. The van der Waals surface area contributed by atoms with Gasteiger partial charge in [-0.1, -0.05) is 0 Å². The molecular weight excluding hydrogens is 236 g/mol. The minimum absolute atomic E-state index is 0.188. The number of aliphatic hydroxyl groups excluding tert-OH is 2. The monoisotopic (exact) mass is 247 g/mol. The second-order valence-electron chi connectivity index (χ2n) is 3.80. The smallest absolute Gasteiger partial charge is 0.250 e. The van der Waals surface area contributed by atoms with E-state index in [1.54, 1.807) is 0 Å². The topological polar surface area (TPSA) is 82.6 Å². The van der Waals surface area contributed by atoms with Gasteiger partial charge in [0.1, 0.15) is 18.3 Å².